The smallest absolute Gasteiger partial charge is 0.246 e. The van der Waals surface area contributed by atoms with Crippen LogP contribution in [0.15, 0.2) is 34.9 Å². The van der Waals surface area contributed by atoms with Gasteiger partial charge in [-0.25, -0.2) is 0 Å². The van der Waals surface area contributed by atoms with Crippen LogP contribution in [0.1, 0.15) is 11.3 Å². The number of hydrogen-bond donors (Lipinski definition) is 1. The lowest BCUT2D eigenvalue weighted by Crippen LogP contribution is -2.34. The second kappa shape index (κ2) is 4.76. The first-order valence-electron chi connectivity index (χ1n) is 6.29. The number of carbonyl (C=O) groups excluding carboxylic acids is 1. The van der Waals surface area contributed by atoms with E-state index in [1.165, 1.54) is 5.56 Å². The van der Waals surface area contributed by atoms with E-state index in [9.17, 15) is 4.79 Å². The van der Waals surface area contributed by atoms with E-state index in [1.54, 1.807) is 6.07 Å². The van der Waals surface area contributed by atoms with E-state index < -0.39 is 0 Å². The van der Waals surface area contributed by atoms with Gasteiger partial charge >= 0.3 is 0 Å². The predicted molar refractivity (Wildman–Crippen MR) is 72.2 cm³/mol. The van der Waals surface area contributed by atoms with Crippen LogP contribution < -0.4 is 10.2 Å². The van der Waals surface area contributed by atoms with Crippen molar-refractivity contribution in [3.8, 4) is 0 Å². The Morgan fingerprint density at radius 2 is 2.32 bits per heavy atom. The Labute approximate surface area is 111 Å². The summed E-state index contributed by atoms with van der Waals surface area (Å²) in [6.45, 7) is 2.79. The summed E-state index contributed by atoms with van der Waals surface area (Å²) in [7, 11) is 0. The van der Waals surface area contributed by atoms with Gasteiger partial charge in [-0.3, -0.25) is 4.79 Å². The van der Waals surface area contributed by atoms with Crippen molar-refractivity contribution in [2.75, 3.05) is 23.3 Å². The number of aryl methyl sites for hydroxylation is 1. The zero-order chi connectivity index (χ0) is 13.2. The van der Waals surface area contributed by atoms with Crippen LogP contribution in [0.5, 0.6) is 0 Å². The van der Waals surface area contributed by atoms with Crippen molar-refractivity contribution in [3.63, 3.8) is 0 Å². The molecule has 2 aromatic rings. The minimum absolute atomic E-state index is 0.0469. The van der Waals surface area contributed by atoms with Gasteiger partial charge in [-0.1, -0.05) is 23.4 Å². The molecule has 1 aliphatic rings. The van der Waals surface area contributed by atoms with Crippen molar-refractivity contribution >= 4 is 17.4 Å². The molecule has 1 amide bonds. The van der Waals surface area contributed by atoms with E-state index in [0.717, 1.165) is 24.4 Å². The summed E-state index contributed by atoms with van der Waals surface area (Å²) in [5.41, 5.74) is 2.25. The van der Waals surface area contributed by atoms with E-state index in [0.29, 0.717) is 5.82 Å². The fourth-order valence-electron chi connectivity index (χ4n) is 2.31. The van der Waals surface area contributed by atoms with Crippen LogP contribution in [-0.2, 0) is 11.2 Å². The topological polar surface area (TPSA) is 58.4 Å². The second-order valence-electron chi connectivity index (χ2n) is 4.60. The van der Waals surface area contributed by atoms with Crippen molar-refractivity contribution in [1.82, 2.24) is 5.16 Å². The molecule has 5 heteroatoms. The quantitative estimate of drug-likeness (QED) is 0.913. The maximum atomic E-state index is 12.2. The molecule has 1 aromatic carbocycles. The second-order valence-corrected chi connectivity index (χ2v) is 4.60. The average molecular weight is 257 g/mol. The lowest BCUT2D eigenvalue weighted by atomic mass is 10.2. The predicted octanol–water partition coefficient (Wildman–Crippen LogP) is 1.98. The summed E-state index contributed by atoms with van der Waals surface area (Å²) in [5, 5.41) is 6.78. The van der Waals surface area contributed by atoms with Crippen LogP contribution in [0, 0.1) is 6.92 Å². The Kier molecular flexibility index (Phi) is 2.95. The van der Waals surface area contributed by atoms with Gasteiger partial charge in [0.05, 0.1) is 6.54 Å². The molecule has 5 nitrogen and oxygen atoms in total. The van der Waals surface area contributed by atoms with Gasteiger partial charge in [0.15, 0.2) is 5.82 Å². The molecular weight excluding hydrogens is 242 g/mol. The Bertz CT molecular complexity index is 606. The molecule has 3 rings (SSSR count). The highest BCUT2D eigenvalue weighted by molar-refractivity contribution is 5.97. The minimum atomic E-state index is 0.0469. The third-order valence-electron chi connectivity index (χ3n) is 3.24. The molecule has 0 unspecified atom stereocenters. The molecule has 2 heterocycles. The van der Waals surface area contributed by atoms with Crippen molar-refractivity contribution < 1.29 is 9.32 Å². The summed E-state index contributed by atoms with van der Waals surface area (Å²) in [6.07, 6.45) is 0.922. The maximum Gasteiger partial charge on any atom is 0.246 e. The third-order valence-corrected chi connectivity index (χ3v) is 3.24. The van der Waals surface area contributed by atoms with Crippen LogP contribution >= 0.6 is 0 Å². The maximum absolute atomic E-state index is 12.2. The molecule has 0 radical (unpaired) electrons. The lowest BCUT2D eigenvalue weighted by molar-refractivity contribution is -0.116. The van der Waals surface area contributed by atoms with Gasteiger partial charge in [0, 0.05) is 18.3 Å². The Morgan fingerprint density at radius 1 is 1.47 bits per heavy atom. The third kappa shape index (κ3) is 2.31. The standard InChI is InChI=1S/C14H15N3O2/c1-10-8-13(16-19-10)15-9-14(18)17-7-6-11-4-2-3-5-12(11)17/h2-5,8H,6-7,9H2,1H3,(H,15,16). The fraction of sp³-hybridized carbons (Fsp3) is 0.286. The van der Waals surface area contributed by atoms with Gasteiger partial charge in [0.1, 0.15) is 5.76 Å². The first-order chi connectivity index (χ1) is 9.24. The molecule has 98 valence electrons. The van der Waals surface area contributed by atoms with E-state index in [4.69, 9.17) is 4.52 Å². The summed E-state index contributed by atoms with van der Waals surface area (Å²) < 4.78 is 4.94. The number of fused-ring (bicyclic) bond motifs is 1. The molecule has 0 bridgehead atoms. The number of aromatic nitrogens is 1. The number of amides is 1. The number of carbonyl (C=O) groups is 1. The van der Waals surface area contributed by atoms with E-state index in [-0.39, 0.29) is 12.5 Å². The summed E-state index contributed by atoms with van der Waals surface area (Å²) in [5.74, 6) is 1.37. The van der Waals surface area contributed by atoms with Gasteiger partial charge in [-0.05, 0) is 25.0 Å². The molecule has 1 aliphatic heterocycles. The van der Waals surface area contributed by atoms with E-state index in [1.807, 2.05) is 30.0 Å². The van der Waals surface area contributed by atoms with Gasteiger partial charge in [0.25, 0.3) is 0 Å². The number of benzene rings is 1. The van der Waals surface area contributed by atoms with Crippen molar-refractivity contribution in [2.24, 2.45) is 0 Å². The zero-order valence-electron chi connectivity index (χ0n) is 10.7. The molecule has 0 fully saturated rings. The summed E-state index contributed by atoms with van der Waals surface area (Å²) in [4.78, 5) is 14.0. The normalized spacial score (nSPS) is 13.4. The van der Waals surface area contributed by atoms with Gasteiger partial charge in [-0.2, -0.15) is 0 Å². The number of rotatable bonds is 3. The van der Waals surface area contributed by atoms with Crippen LogP contribution in [0.3, 0.4) is 0 Å². The van der Waals surface area contributed by atoms with Gasteiger partial charge in [0.2, 0.25) is 5.91 Å². The van der Waals surface area contributed by atoms with E-state index >= 15 is 0 Å². The number of para-hydroxylation sites is 1. The molecule has 1 N–H and O–H groups in total. The van der Waals surface area contributed by atoms with Gasteiger partial charge < -0.3 is 14.7 Å². The average Bonchev–Trinajstić information content (AvgIpc) is 3.02. The molecule has 1 aromatic heterocycles. The first kappa shape index (κ1) is 11.8. The largest absolute Gasteiger partial charge is 0.360 e. The zero-order valence-corrected chi connectivity index (χ0v) is 10.7. The molecule has 0 saturated carbocycles. The Morgan fingerprint density at radius 3 is 3.11 bits per heavy atom. The highest BCUT2D eigenvalue weighted by Crippen LogP contribution is 2.27. The van der Waals surface area contributed by atoms with E-state index in [2.05, 4.69) is 16.5 Å². The molecule has 0 atom stereocenters. The molecule has 0 spiro atoms. The Hall–Kier alpha value is -2.30. The number of nitrogens with one attached hydrogen (secondary N) is 1. The van der Waals surface area contributed by atoms with Crippen molar-refractivity contribution in [1.29, 1.82) is 0 Å². The molecule has 0 saturated heterocycles. The number of hydrogen-bond acceptors (Lipinski definition) is 4. The van der Waals surface area contributed by atoms with Crippen LogP contribution in [0.4, 0.5) is 11.5 Å². The molecule has 0 aliphatic carbocycles. The molecular formula is C14H15N3O2. The van der Waals surface area contributed by atoms with Gasteiger partial charge in [-0.15, -0.1) is 0 Å². The minimum Gasteiger partial charge on any atom is -0.360 e. The fourth-order valence-corrected chi connectivity index (χ4v) is 2.31. The molecule has 19 heavy (non-hydrogen) atoms. The summed E-state index contributed by atoms with van der Waals surface area (Å²) >= 11 is 0. The van der Waals surface area contributed by atoms with Crippen molar-refractivity contribution in [2.45, 2.75) is 13.3 Å². The highest BCUT2D eigenvalue weighted by atomic mass is 16.5. The highest BCUT2D eigenvalue weighted by Gasteiger charge is 2.23. The van der Waals surface area contributed by atoms with Crippen LogP contribution in [0.25, 0.3) is 0 Å². The Balaban J connectivity index is 1.66. The number of anilines is 2. The van der Waals surface area contributed by atoms with Crippen LogP contribution in [-0.4, -0.2) is 24.2 Å². The lowest BCUT2D eigenvalue weighted by Gasteiger charge is -2.17. The summed E-state index contributed by atoms with van der Waals surface area (Å²) in [6, 6.07) is 9.78. The van der Waals surface area contributed by atoms with Crippen molar-refractivity contribution in [3.05, 3.63) is 41.7 Å². The number of nitrogens with zero attached hydrogens (tertiary/aromatic N) is 2. The van der Waals surface area contributed by atoms with Crippen LogP contribution in [0.2, 0.25) is 0 Å². The first-order valence-corrected chi connectivity index (χ1v) is 6.29. The monoisotopic (exact) mass is 257 g/mol. The SMILES string of the molecule is Cc1cc(NCC(=O)N2CCc3ccccc32)no1.